The van der Waals surface area contributed by atoms with Crippen molar-refractivity contribution >= 4 is 17.3 Å². The summed E-state index contributed by atoms with van der Waals surface area (Å²) in [6.07, 6.45) is 5.93. The Labute approximate surface area is 106 Å². The fraction of sp³-hybridized carbons (Fsp3) is 0.583. The topological polar surface area (TPSA) is 80.1 Å². The number of pyridine rings is 1. The minimum absolute atomic E-state index is 0.0626. The molecule has 0 amide bonds. The molecule has 1 fully saturated rings. The average Bonchev–Trinajstić information content (AvgIpc) is 2.39. The Morgan fingerprint density at radius 3 is 2.56 bits per heavy atom. The largest absolute Gasteiger partial charge is 0.373 e. The minimum atomic E-state index is -0.394. The summed E-state index contributed by atoms with van der Waals surface area (Å²) in [6, 6.07) is 3.32. The number of aromatic nitrogens is 1. The summed E-state index contributed by atoms with van der Waals surface area (Å²) < 4.78 is 0. The SMILES string of the molecule is CNc1cc([N+](=O)[O-])cc(NC2CCCCC2)n1. The molecule has 1 aliphatic rings. The first kappa shape index (κ1) is 12.6. The van der Waals surface area contributed by atoms with Gasteiger partial charge in [0, 0.05) is 13.1 Å². The summed E-state index contributed by atoms with van der Waals surface area (Å²) in [5.41, 5.74) is 0.0626. The number of nitrogens with one attached hydrogen (secondary N) is 2. The van der Waals surface area contributed by atoms with Crippen LogP contribution in [0.2, 0.25) is 0 Å². The maximum absolute atomic E-state index is 10.8. The van der Waals surface area contributed by atoms with Crippen molar-refractivity contribution in [3.8, 4) is 0 Å². The molecule has 1 aliphatic carbocycles. The highest BCUT2D eigenvalue weighted by molar-refractivity contribution is 5.54. The van der Waals surface area contributed by atoms with Crippen LogP contribution >= 0.6 is 0 Å². The molecule has 6 nitrogen and oxygen atoms in total. The Morgan fingerprint density at radius 2 is 1.94 bits per heavy atom. The fourth-order valence-corrected chi connectivity index (χ4v) is 2.28. The van der Waals surface area contributed by atoms with Gasteiger partial charge >= 0.3 is 0 Å². The van der Waals surface area contributed by atoms with Crippen molar-refractivity contribution in [2.45, 2.75) is 38.1 Å². The van der Waals surface area contributed by atoms with E-state index in [1.807, 2.05) is 0 Å². The minimum Gasteiger partial charge on any atom is -0.373 e. The number of hydrogen-bond acceptors (Lipinski definition) is 5. The van der Waals surface area contributed by atoms with Crippen molar-refractivity contribution in [3.05, 3.63) is 22.2 Å². The molecule has 0 unspecified atom stereocenters. The van der Waals surface area contributed by atoms with E-state index >= 15 is 0 Å². The highest BCUT2D eigenvalue weighted by atomic mass is 16.6. The van der Waals surface area contributed by atoms with Gasteiger partial charge in [0.1, 0.15) is 11.6 Å². The van der Waals surface area contributed by atoms with Crippen LogP contribution in [0.15, 0.2) is 12.1 Å². The molecule has 1 aromatic heterocycles. The second kappa shape index (κ2) is 5.66. The quantitative estimate of drug-likeness (QED) is 0.634. The maximum Gasteiger partial charge on any atom is 0.276 e. The molecule has 0 aliphatic heterocycles. The zero-order valence-electron chi connectivity index (χ0n) is 10.5. The van der Waals surface area contributed by atoms with Gasteiger partial charge in [-0.05, 0) is 12.8 Å². The second-order valence-corrected chi connectivity index (χ2v) is 4.58. The van der Waals surface area contributed by atoms with Crippen LogP contribution in [0.1, 0.15) is 32.1 Å². The smallest absolute Gasteiger partial charge is 0.276 e. The Balaban J connectivity index is 2.15. The average molecular weight is 250 g/mol. The van der Waals surface area contributed by atoms with Crippen molar-refractivity contribution < 1.29 is 4.92 Å². The third-order valence-corrected chi connectivity index (χ3v) is 3.23. The Morgan fingerprint density at radius 1 is 1.28 bits per heavy atom. The molecule has 1 saturated carbocycles. The van der Waals surface area contributed by atoms with Gasteiger partial charge in [-0.2, -0.15) is 0 Å². The molecule has 98 valence electrons. The molecule has 18 heavy (non-hydrogen) atoms. The van der Waals surface area contributed by atoms with Crippen molar-refractivity contribution in [1.29, 1.82) is 0 Å². The van der Waals surface area contributed by atoms with Gasteiger partial charge in [0.2, 0.25) is 0 Å². The summed E-state index contributed by atoms with van der Waals surface area (Å²) in [7, 11) is 1.70. The fourth-order valence-electron chi connectivity index (χ4n) is 2.28. The summed E-state index contributed by atoms with van der Waals surface area (Å²) in [5, 5.41) is 17.0. The van der Waals surface area contributed by atoms with Crippen molar-refractivity contribution in [2.24, 2.45) is 0 Å². The van der Waals surface area contributed by atoms with Crippen molar-refractivity contribution in [2.75, 3.05) is 17.7 Å². The Bertz CT molecular complexity index is 430. The van der Waals surface area contributed by atoms with Gasteiger partial charge in [-0.15, -0.1) is 0 Å². The first-order chi connectivity index (χ1) is 8.69. The number of hydrogen-bond donors (Lipinski definition) is 2. The first-order valence-corrected chi connectivity index (χ1v) is 6.30. The second-order valence-electron chi connectivity index (χ2n) is 4.58. The predicted octanol–water partition coefficient (Wildman–Crippen LogP) is 2.78. The van der Waals surface area contributed by atoms with E-state index in [1.165, 1.54) is 31.4 Å². The molecular formula is C12H18N4O2. The van der Waals surface area contributed by atoms with E-state index in [2.05, 4.69) is 15.6 Å². The van der Waals surface area contributed by atoms with Crippen LogP contribution < -0.4 is 10.6 Å². The zero-order chi connectivity index (χ0) is 13.0. The van der Waals surface area contributed by atoms with Gasteiger partial charge in [-0.1, -0.05) is 19.3 Å². The van der Waals surface area contributed by atoms with Crippen LogP contribution in [-0.2, 0) is 0 Å². The summed E-state index contributed by atoms with van der Waals surface area (Å²) in [6.45, 7) is 0. The number of nitrogens with zero attached hydrogens (tertiary/aromatic N) is 2. The summed E-state index contributed by atoms with van der Waals surface area (Å²) in [5.74, 6) is 1.10. The van der Waals surface area contributed by atoms with Gasteiger partial charge in [-0.3, -0.25) is 10.1 Å². The molecule has 0 atom stereocenters. The van der Waals surface area contributed by atoms with E-state index in [0.717, 1.165) is 12.8 Å². The monoisotopic (exact) mass is 250 g/mol. The molecule has 1 aromatic rings. The van der Waals surface area contributed by atoms with E-state index in [1.54, 1.807) is 7.05 Å². The molecule has 0 radical (unpaired) electrons. The van der Waals surface area contributed by atoms with E-state index in [0.29, 0.717) is 17.7 Å². The van der Waals surface area contributed by atoms with Crippen LogP contribution in [0.5, 0.6) is 0 Å². The lowest BCUT2D eigenvalue weighted by atomic mass is 9.95. The van der Waals surface area contributed by atoms with Crippen LogP contribution in [0.25, 0.3) is 0 Å². The molecule has 2 rings (SSSR count). The Kier molecular flexibility index (Phi) is 3.96. The zero-order valence-corrected chi connectivity index (χ0v) is 10.5. The maximum atomic E-state index is 10.8. The molecule has 0 aromatic carbocycles. The van der Waals surface area contributed by atoms with Gasteiger partial charge in [0.15, 0.2) is 0 Å². The molecular weight excluding hydrogens is 232 g/mol. The van der Waals surface area contributed by atoms with Crippen LogP contribution in [0.4, 0.5) is 17.3 Å². The van der Waals surface area contributed by atoms with Crippen LogP contribution in [-0.4, -0.2) is 23.0 Å². The number of rotatable bonds is 4. The molecule has 0 saturated heterocycles. The van der Waals surface area contributed by atoms with E-state index < -0.39 is 4.92 Å². The summed E-state index contributed by atoms with van der Waals surface area (Å²) in [4.78, 5) is 14.7. The molecule has 6 heteroatoms. The molecule has 2 N–H and O–H groups in total. The van der Waals surface area contributed by atoms with E-state index in [4.69, 9.17) is 0 Å². The van der Waals surface area contributed by atoms with Gasteiger partial charge in [0.25, 0.3) is 5.69 Å². The third kappa shape index (κ3) is 3.09. The third-order valence-electron chi connectivity index (χ3n) is 3.23. The van der Waals surface area contributed by atoms with E-state index in [9.17, 15) is 10.1 Å². The van der Waals surface area contributed by atoms with Gasteiger partial charge < -0.3 is 10.6 Å². The van der Waals surface area contributed by atoms with Crippen molar-refractivity contribution in [3.63, 3.8) is 0 Å². The van der Waals surface area contributed by atoms with Crippen LogP contribution in [0.3, 0.4) is 0 Å². The molecule has 0 spiro atoms. The molecule has 0 bridgehead atoms. The lowest BCUT2D eigenvalue weighted by Gasteiger charge is -2.23. The highest BCUT2D eigenvalue weighted by Crippen LogP contribution is 2.24. The lowest BCUT2D eigenvalue weighted by Crippen LogP contribution is -2.23. The number of anilines is 2. The van der Waals surface area contributed by atoms with Crippen LogP contribution in [0, 0.1) is 10.1 Å². The highest BCUT2D eigenvalue weighted by Gasteiger charge is 2.16. The standard InChI is InChI=1S/C12H18N4O2/c1-13-11-7-10(16(17)18)8-12(15-11)14-9-5-3-2-4-6-9/h7-9H,2-6H2,1H3,(H2,13,14,15). The molecule has 1 heterocycles. The first-order valence-electron chi connectivity index (χ1n) is 6.30. The van der Waals surface area contributed by atoms with Gasteiger partial charge in [-0.25, -0.2) is 4.98 Å². The number of nitro groups is 1. The summed E-state index contributed by atoms with van der Waals surface area (Å²) >= 11 is 0. The normalized spacial score (nSPS) is 16.3. The van der Waals surface area contributed by atoms with Crippen molar-refractivity contribution in [1.82, 2.24) is 4.98 Å². The van der Waals surface area contributed by atoms with Gasteiger partial charge in [0.05, 0.1) is 17.1 Å². The van der Waals surface area contributed by atoms with E-state index in [-0.39, 0.29) is 5.69 Å². The Hall–Kier alpha value is -1.85. The predicted molar refractivity (Wildman–Crippen MR) is 70.9 cm³/mol. The lowest BCUT2D eigenvalue weighted by molar-refractivity contribution is -0.384.